The lowest BCUT2D eigenvalue weighted by atomic mass is 9.98. The highest BCUT2D eigenvalue weighted by Crippen LogP contribution is 2.43. The molecule has 0 radical (unpaired) electrons. The van der Waals surface area contributed by atoms with Crippen LogP contribution in [0.25, 0.3) is 0 Å². The fourth-order valence-electron chi connectivity index (χ4n) is 3.38. The molecule has 86 valence electrons. The van der Waals surface area contributed by atoms with E-state index in [0.29, 0.717) is 23.9 Å². The molecular formula is C15H16N2. The lowest BCUT2D eigenvalue weighted by molar-refractivity contribution is 0.497. The molecule has 1 saturated carbocycles. The predicted octanol–water partition coefficient (Wildman–Crippen LogP) is 2.29. The molecule has 3 aliphatic rings. The molecule has 2 heteroatoms. The molecule has 4 atom stereocenters. The third kappa shape index (κ3) is 1.30. The second-order valence-electron chi connectivity index (χ2n) is 5.45. The first-order valence-corrected chi connectivity index (χ1v) is 6.41. The van der Waals surface area contributed by atoms with Crippen molar-refractivity contribution >= 4 is 5.84 Å². The highest BCUT2D eigenvalue weighted by molar-refractivity contribution is 6.00. The molecule has 0 spiro atoms. The number of hydrogen-bond acceptors (Lipinski definition) is 2. The maximum Gasteiger partial charge on any atom is 0.128 e. The van der Waals surface area contributed by atoms with Gasteiger partial charge in [0.1, 0.15) is 5.84 Å². The minimum Gasteiger partial charge on any atom is -0.364 e. The standard InChI is InChI=1S/C15H16N2/c1-9-2-4-10(5-3-9)15-16-13-11-6-7-12(8-11)14(13)17-15/h2-7,11-14H,8H2,1H3,(H,16,17)/t11-,12+,13-,14+. The summed E-state index contributed by atoms with van der Waals surface area (Å²) in [6.45, 7) is 2.12. The maximum absolute atomic E-state index is 4.89. The van der Waals surface area contributed by atoms with Crippen LogP contribution in [0.15, 0.2) is 41.4 Å². The molecule has 2 nitrogen and oxygen atoms in total. The molecule has 0 amide bonds. The van der Waals surface area contributed by atoms with Crippen LogP contribution >= 0.6 is 0 Å². The minimum atomic E-state index is 0.487. The fraction of sp³-hybridized carbons (Fsp3) is 0.400. The van der Waals surface area contributed by atoms with Gasteiger partial charge in [-0.15, -0.1) is 0 Å². The van der Waals surface area contributed by atoms with Crippen LogP contribution in [0.4, 0.5) is 0 Å². The molecule has 0 unspecified atom stereocenters. The van der Waals surface area contributed by atoms with Crippen molar-refractivity contribution in [2.45, 2.75) is 25.4 Å². The van der Waals surface area contributed by atoms with E-state index in [-0.39, 0.29) is 0 Å². The SMILES string of the molecule is Cc1ccc(C2=N[C@@H]3[C@H](N2)[C@@H]2C=C[C@H]3C2)cc1. The lowest BCUT2D eigenvalue weighted by Crippen LogP contribution is -2.37. The van der Waals surface area contributed by atoms with Gasteiger partial charge in [-0.1, -0.05) is 42.0 Å². The third-order valence-corrected chi connectivity index (χ3v) is 4.32. The Balaban J connectivity index is 1.66. The van der Waals surface area contributed by atoms with Gasteiger partial charge in [-0.3, -0.25) is 4.99 Å². The Morgan fingerprint density at radius 3 is 2.65 bits per heavy atom. The monoisotopic (exact) mass is 224 g/mol. The Morgan fingerprint density at radius 1 is 1.12 bits per heavy atom. The zero-order valence-corrected chi connectivity index (χ0v) is 9.93. The van der Waals surface area contributed by atoms with Gasteiger partial charge in [0.25, 0.3) is 0 Å². The van der Waals surface area contributed by atoms with Crippen molar-refractivity contribution in [2.24, 2.45) is 16.8 Å². The Bertz CT molecular complexity index is 512. The van der Waals surface area contributed by atoms with E-state index in [1.807, 2.05) is 0 Å². The van der Waals surface area contributed by atoms with Gasteiger partial charge in [0.05, 0.1) is 12.1 Å². The molecule has 1 aromatic carbocycles. The smallest absolute Gasteiger partial charge is 0.128 e. The number of aliphatic imine (C=N–C) groups is 1. The van der Waals surface area contributed by atoms with E-state index < -0.39 is 0 Å². The van der Waals surface area contributed by atoms with Crippen LogP contribution in [-0.2, 0) is 0 Å². The van der Waals surface area contributed by atoms with Crippen molar-refractivity contribution in [1.29, 1.82) is 0 Å². The topological polar surface area (TPSA) is 24.4 Å². The molecule has 4 rings (SSSR count). The number of nitrogens with one attached hydrogen (secondary N) is 1. The van der Waals surface area contributed by atoms with E-state index in [1.54, 1.807) is 0 Å². The van der Waals surface area contributed by atoms with Gasteiger partial charge in [-0.25, -0.2) is 0 Å². The lowest BCUT2D eigenvalue weighted by Gasteiger charge is -2.18. The number of rotatable bonds is 1. The Morgan fingerprint density at radius 2 is 1.88 bits per heavy atom. The molecule has 17 heavy (non-hydrogen) atoms. The Labute approximate surface area is 101 Å². The van der Waals surface area contributed by atoms with Crippen LogP contribution < -0.4 is 5.32 Å². The van der Waals surface area contributed by atoms with Gasteiger partial charge in [0.15, 0.2) is 0 Å². The van der Waals surface area contributed by atoms with Gasteiger partial charge in [0.2, 0.25) is 0 Å². The first kappa shape index (κ1) is 9.46. The summed E-state index contributed by atoms with van der Waals surface area (Å²) in [5.41, 5.74) is 2.53. The van der Waals surface area contributed by atoms with Gasteiger partial charge < -0.3 is 5.32 Å². The number of benzene rings is 1. The highest BCUT2D eigenvalue weighted by atomic mass is 15.2. The van der Waals surface area contributed by atoms with Crippen LogP contribution in [0.3, 0.4) is 0 Å². The summed E-state index contributed by atoms with van der Waals surface area (Å²) in [6, 6.07) is 9.68. The predicted molar refractivity (Wildman–Crippen MR) is 69.2 cm³/mol. The van der Waals surface area contributed by atoms with Crippen LogP contribution in [0, 0.1) is 18.8 Å². The van der Waals surface area contributed by atoms with Gasteiger partial charge in [-0.2, -0.15) is 0 Å². The summed E-state index contributed by atoms with van der Waals surface area (Å²) in [4.78, 5) is 4.89. The van der Waals surface area contributed by atoms with Gasteiger partial charge in [-0.05, 0) is 19.3 Å². The van der Waals surface area contributed by atoms with Crippen molar-refractivity contribution in [3.63, 3.8) is 0 Å². The molecular weight excluding hydrogens is 208 g/mol. The first-order valence-electron chi connectivity index (χ1n) is 6.41. The number of nitrogens with zero attached hydrogens (tertiary/aromatic N) is 1. The summed E-state index contributed by atoms with van der Waals surface area (Å²) in [6.07, 6.45) is 6.02. The molecule has 0 aromatic heterocycles. The van der Waals surface area contributed by atoms with Crippen LogP contribution in [0.2, 0.25) is 0 Å². The molecule has 1 heterocycles. The van der Waals surface area contributed by atoms with E-state index in [4.69, 9.17) is 4.99 Å². The second-order valence-corrected chi connectivity index (χ2v) is 5.45. The fourth-order valence-corrected chi connectivity index (χ4v) is 3.38. The summed E-state index contributed by atoms with van der Waals surface area (Å²) < 4.78 is 0. The second kappa shape index (κ2) is 3.22. The van der Waals surface area contributed by atoms with E-state index in [0.717, 1.165) is 5.84 Å². The molecule has 2 aliphatic carbocycles. The van der Waals surface area contributed by atoms with Crippen LogP contribution in [0.5, 0.6) is 0 Å². The average Bonchev–Trinajstić information content (AvgIpc) is 3.02. The normalized spacial score (nSPS) is 36.9. The Kier molecular flexibility index (Phi) is 1.79. The molecule has 0 saturated heterocycles. The van der Waals surface area contributed by atoms with E-state index in [9.17, 15) is 0 Å². The molecule has 1 fully saturated rings. The zero-order valence-electron chi connectivity index (χ0n) is 9.93. The van der Waals surface area contributed by atoms with E-state index in [1.165, 1.54) is 17.5 Å². The van der Waals surface area contributed by atoms with Crippen molar-refractivity contribution in [3.8, 4) is 0 Å². The number of aryl methyl sites for hydroxylation is 1. The van der Waals surface area contributed by atoms with Crippen molar-refractivity contribution in [2.75, 3.05) is 0 Å². The van der Waals surface area contributed by atoms with Crippen LogP contribution in [0.1, 0.15) is 17.5 Å². The molecule has 1 aromatic rings. The summed E-state index contributed by atoms with van der Waals surface area (Å²) in [7, 11) is 0. The molecule has 2 bridgehead atoms. The van der Waals surface area contributed by atoms with Crippen molar-refractivity contribution in [3.05, 3.63) is 47.5 Å². The zero-order chi connectivity index (χ0) is 11.4. The number of hydrogen-bond donors (Lipinski definition) is 1. The maximum atomic E-state index is 4.89. The minimum absolute atomic E-state index is 0.487. The summed E-state index contributed by atoms with van der Waals surface area (Å²) in [5.74, 6) is 2.48. The van der Waals surface area contributed by atoms with E-state index in [2.05, 4.69) is 48.7 Å². The average molecular weight is 224 g/mol. The quantitative estimate of drug-likeness (QED) is 0.727. The third-order valence-electron chi connectivity index (χ3n) is 4.32. The summed E-state index contributed by atoms with van der Waals surface area (Å²) >= 11 is 0. The van der Waals surface area contributed by atoms with Gasteiger partial charge in [0, 0.05) is 11.5 Å². The van der Waals surface area contributed by atoms with Crippen molar-refractivity contribution in [1.82, 2.24) is 5.32 Å². The van der Waals surface area contributed by atoms with Crippen LogP contribution in [-0.4, -0.2) is 17.9 Å². The highest BCUT2D eigenvalue weighted by Gasteiger charge is 2.47. The van der Waals surface area contributed by atoms with Gasteiger partial charge >= 0.3 is 0 Å². The Hall–Kier alpha value is -1.57. The van der Waals surface area contributed by atoms with E-state index >= 15 is 0 Å². The molecule has 1 N–H and O–H groups in total. The summed E-state index contributed by atoms with van der Waals surface area (Å²) in [5, 5.41) is 3.62. The first-order chi connectivity index (χ1) is 8.31. The van der Waals surface area contributed by atoms with Crippen molar-refractivity contribution < 1.29 is 0 Å². The largest absolute Gasteiger partial charge is 0.364 e. The number of fused-ring (bicyclic) bond motifs is 5. The molecule has 1 aliphatic heterocycles. The number of amidine groups is 1.